The second kappa shape index (κ2) is 5.96. The molecule has 2 N–H and O–H groups in total. The molecule has 0 unspecified atom stereocenters. The second-order valence-corrected chi connectivity index (χ2v) is 6.23. The number of aryl methyl sites for hydroxylation is 2. The molecule has 0 radical (unpaired) electrons. The van der Waals surface area contributed by atoms with Crippen LogP contribution in [0.15, 0.2) is 6.07 Å². The molecule has 1 aliphatic rings. The largest absolute Gasteiger partial charge is 0.388 e. The highest BCUT2D eigenvalue weighted by Crippen LogP contribution is 2.26. The van der Waals surface area contributed by atoms with Gasteiger partial charge in [0.05, 0.1) is 11.3 Å². The van der Waals surface area contributed by atoms with Crippen molar-refractivity contribution in [3.05, 3.63) is 17.5 Å². The fraction of sp³-hybridized carbons (Fsp3) is 0.692. The van der Waals surface area contributed by atoms with Gasteiger partial charge in [-0.05, 0) is 44.3 Å². The molecular formula is C13H21N3O2S. The van der Waals surface area contributed by atoms with E-state index in [4.69, 9.17) is 0 Å². The van der Waals surface area contributed by atoms with Gasteiger partial charge in [0, 0.05) is 13.1 Å². The zero-order valence-electron chi connectivity index (χ0n) is 11.5. The number of thioether (sulfide) groups is 1. The number of amides is 1. The molecule has 0 aromatic carbocycles. The number of carbonyl (C=O) groups excluding carboxylic acids is 1. The third-order valence-corrected chi connectivity index (χ3v) is 4.42. The first kappa shape index (κ1) is 14.4. The van der Waals surface area contributed by atoms with Crippen molar-refractivity contribution in [3.8, 4) is 0 Å². The van der Waals surface area contributed by atoms with E-state index in [0.717, 1.165) is 30.0 Å². The predicted octanol–water partition coefficient (Wildman–Crippen LogP) is 1.20. The summed E-state index contributed by atoms with van der Waals surface area (Å²) in [7, 11) is 0. The molecule has 6 heteroatoms. The van der Waals surface area contributed by atoms with E-state index in [9.17, 15) is 9.90 Å². The van der Waals surface area contributed by atoms with Gasteiger partial charge in [-0.3, -0.25) is 9.48 Å². The maximum absolute atomic E-state index is 12.1. The Morgan fingerprint density at radius 3 is 2.89 bits per heavy atom. The average Bonchev–Trinajstić information content (AvgIpc) is 2.78. The normalized spacial score (nSPS) is 18.3. The summed E-state index contributed by atoms with van der Waals surface area (Å²) in [6.45, 7) is 4.81. The van der Waals surface area contributed by atoms with Crippen LogP contribution in [0.3, 0.4) is 0 Å². The van der Waals surface area contributed by atoms with Crippen LogP contribution < -0.4 is 5.32 Å². The number of nitrogens with zero attached hydrogens (tertiary/aromatic N) is 2. The standard InChI is InChI=1S/C13H21N3O2S/c1-3-16-11(8-10(2)15-16)12(17)14-9-13(18)4-6-19-7-5-13/h8,18H,3-7,9H2,1-2H3,(H,14,17). The summed E-state index contributed by atoms with van der Waals surface area (Å²) in [5.41, 5.74) is 0.654. The Hall–Kier alpha value is -1.01. The number of nitrogens with one attached hydrogen (secondary N) is 1. The van der Waals surface area contributed by atoms with Crippen LogP contribution >= 0.6 is 11.8 Å². The van der Waals surface area contributed by atoms with Crippen LogP contribution in [0.5, 0.6) is 0 Å². The number of aromatic nitrogens is 2. The van der Waals surface area contributed by atoms with E-state index < -0.39 is 5.60 Å². The first-order valence-corrected chi connectivity index (χ1v) is 7.82. The SMILES string of the molecule is CCn1nc(C)cc1C(=O)NCC1(O)CCSCC1. The Labute approximate surface area is 117 Å². The van der Waals surface area contributed by atoms with Crippen LogP contribution in [0.1, 0.15) is 35.9 Å². The Kier molecular flexibility index (Phi) is 4.52. The van der Waals surface area contributed by atoms with Gasteiger partial charge in [-0.25, -0.2) is 0 Å². The lowest BCUT2D eigenvalue weighted by Gasteiger charge is -2.31. The lowest BCUT2D eigenvalue weighted by atomic mass is 9.97. The lowest BCUT2D eigenvalue weighted by Crippen LogP contribution is -2.45. The van der Waals surface area contributed by atoms with Crippen LogP contribution in [0.25, 0.3) is 0 Å². The summed E-state index contributed by atoms with van der Waals surface area (Å²) < 4.78 is 1.69. The highest BCUT2D eigenvalue weighted by Gasteiger charge is 2.30. The second-order valence-electron chi connectivity index (χ2n) is 5.01. The molecule has 1 aromatic rings. The Morgan fingerprint density at radius 1 is 1.58 bits per heavy atom. The molecule has 1 amide bonds. The van der Waals surface area contributed by atoms with Gasteiger partial charge in [-0.15, -0.1) is 0 Å². The van der Waals surface area contributed by atoms with Gasteiger partial charge in [0.1, 0.15) is 5.69 Å². The van der Waals surface area contributed by atoms with Crippen LogP contribution in [0.4, 0.5) is 0 Å². The molecule has 1 aliphatic heterocycles. The minimum atomic E-state index is -0.743. The smallest absolute Gasteiger partial charge is 0.269 e. The Morgan fingerprint density at radius 2 is 2.26 bits per heavy atom. The number of rotatable bonds is 4. The monoisotopic (exact) mass is 283 g/mol. The van der Waals surface area contributed by atoms with Gasteiger partial charge in [-0.1, -0.05) is 0 Å². The van der Waals surface area contributed by atoms with Crippen molar-refractivity contribution >= 4 is 17.7 Å². The molecule has 0 atom stereocenters. The van der Waals surface area contributed by atoms with E-state index in [2.05, 4.69) is 10.4 Å². The molecule has 0 aliphatic carbocycles. The molecule has 1 saturated heterocycles. The first-order chi connectivity index (χ1) is 9.04. The molecule has 106 valence electrons. The van der Waals surface area contributed by atoms with Crippen molar-refractivity contribution in [2.24, 2.45) is 0 Å². The molecule has 1 fully saturated rings. The molecule has 2 rings (SSSR count). The maximum atomic E-state index is 12.1. The maximum Gasteiger partial charge on any atom is 0.269 e. The van der Waals surface area contributed by atoms with Crippen molar-refractivity contribution in [2.75, 3.05) is 18.1 Å². The summed E-state index contributed by atoms with van der Waals surface area (Å²) in [6.07, 6.45) is 1.48. The molecule has 2 heterocycles. The molecule has 1 aromatic heterocycles. The molecule has 0 spiro atoms. The number of aliphatic hydroxyl groups is 1. The molecule has 0 saturated carbocycles. The van der Waals surface area contributed by atoms with Crippen LogP contribution in [0.2, 0.25) is 0 Å². The fourth-order valence-corrected chi connectivity index (χ4v) is 3.49. The average molecular weight is 283 g/mol. The van der Waals surface area contributed by atoms with Crippen molar-refractivity contribution in [1.29, 1.82) is 0 Å². The van der Waals surface area contributed by atoms with Gasteiger partial charge >= 0.3 is 0 Å². The Balaban J connectivity index is 1.97. The summed E-state index contributed by atoms with van der Waals surface area (Å²) in [6, 6.07) is 1.78. The zero-order valence-corrected chi connectivity index (χ0v) is 12.3. The van der Waals surface area contributed by atoms with E-state index >= 15 is 0 Å². The highest BCUT2D eigenvalue weighted by atomic mass is 32.2. The minimum absolute atomic E-state index is 0.158. The van der Waals surface area contributed by atoms with Crippen molar-refractivity contribution in [3.63, 3.8) is 0 Å². The predicted molar refractivity (Wildman–Crippen MR) is 76.5 cm³/mol. The van der Waals surface area contributed by atoms with Crippen LogP contribution in [0, 0.1) is 6.92 Å². The molecule has 0 bridgehead atoms. The van der Waals surface area contributed by atoms with Gasteiger partial charge in [0.15, 0.2) is 0 Å². The zero-order chi connectivity index (χ0) is 13.9. The van der Waals surface area contributed by atoms with Crippen molar-refractivity contribution in [1.82, 2.24) is 15.1 Å². The van der Waals surface area contributed by atoms with E-state index in [-0.39, 0.29) is 5.91 Å². The molecule has 19 heavy (non-hydrogen) atoms. The number of carbonyl (C=O) groups is 1. The van der Waals surface area contributed by atoms with Crippen LogP contribution in [-0.2, 0) is 6.54 Å². The lowest BCUT2D eigenvalue weighted by molar-refractivity contribution is 0.0309. The third kappa shape index (κ3) is 3.51. The number of hydrogen-bond donors (Lipinski definition) is 2. The summed E-state index contributed by atoms with van der Waals surface area (Å²) in [5, 5.41) is 17.4. The molecular weight excluding hydrogens is 262 g/mol. The van der Waals surface area contributed by atoms with E-state index in [1.54, 1.807) is 10.7 Å². The quantitative estimate of drug-likeness (QED) is 0.871. The third-order valence-electron chi connectivity index (χ3n) is 3.44. The summed E-state index contributed by atoms with van der Waals surface area (Å²) >= 11 is 1.85. The summed E-state index contributed by atoms with van der Waals surface area (Å²) in [5.74, 6) is 1.76. The fourth-order valence-electron chi connectivity index (χ4n) is 2.23. The van der Waals surface area contributed by atoms with E-state index in [1.165, 1.54) is 0 Å². The van der Waals surface area contributed by atoms with Gasteiger partial charge < -0.3 is 10.4 Å². The van der Waals surface area contributed by atoms with Crippen molar-refractivity contribution < 1.29 is 9.90 Å². The van der Waals surface area contributed by atoms with Gasteiger partial charge in [0.25, 0.3) is 5.91 Å². The topological polar surface area (TPSA) is 67.2 Å². The van der Waals surface area contributed by atoms with E-state index in [1.807, 2.05) is 25.6 Å². The van der Waals surface area contributed by atoms with Gasteiger partial charge in [-0.2, -0.15) is 16.9 Å². The van der Waals surface area contributed by atoms with Gasteiger partial charge in [0.2, 0.25) is 0 Å². The Bertz CT molecular complexity index is 453. The van der Waals surface area contributed by atoms with E-state index in [0.29, 0.717) is 18.8 Å². The minimum Gasteiger partial charge on any atom is -0.388 e. The highest BCUT2D eigenvalue weighted by molar-refractivity contribution is 7.99. The summed E-state index contributed by atoms with van der Waals surface area (Å²) in [4.78, 5) is 12.1. The van der Waals surface area contributed by atoms with Crippen molar-refractivity contribution in [2.45, 2.75) is 38.8 Å². The first-order valence-electron chi connectivity index (χ1n) is 6.67. The van der Waals surface area contributed by atoms with Crippen LogP contribution in [-0.4, -0.2) is 44.4 Å². The number of hydrogen-bond acceptors (Lipinski definition) is 4. The molecule has 5 nitrogen and oxygen atoms in total.